The van der Waals surface area contributed by atoms with E-state index in [4.69, 9.17) is 0 Å². The lowest BCUT2D eigenvalue weighted by atomic mass is 10.1. The van der Waals surface area contributed by atoms with Crippen LogP contribution in [0.5, 0.6) is 0 Å². The van der Waals surface area contributed by atoms with Crippen molar-refractivity contribution in [2.75, 3.05) is 17.5 Å². The van der Waals surface area contributed by atoms with Gasteiger partial charge in [-0.15, -0.1) is 0 Å². The summed E-state index contributed by atoms with van der Waals surface area (Å²) in [7, 11) is -3.42. The fraction of sp³-hybridized carbons (Fsp3) is 0.235. The molecule has 1 amide bonds. The number of carbonyl (C=O) groups excluding carboxylic acids is 1. The molecule has 0 fully saturated rings. The molecule has 128 valence electrons. The van der Waals surface area contributed by atoms with Crippen LogP contribution in [0.2, 0.25) is 0 Å². The molecule has 0 aliphatic carbocycles. The van der Waals surface area contributed by atoms with Crippen LogP contribution in [0.25, 0.3) is 0 Å². The van der Waals surface area contributed by atoms with Crippen molar-refractivity contribution in [1.82, 2.24) is 5.32 Å². The number of amides is 1. The van der Waals surface area contributed by atoms with E-state index in [-0.39, 0.29) is 11.7 Å². The molecule has 0 unspecified atom stereocenters. The van der Waals surface area contributed by atoms with Gasteiger partial charge in [0.1, 0.15) is 5.82 Å². The fourth-order valence-electron chi connectivity index (χ4n) is 2.19. The van der Waals surface area contributed by atoms with Crippen LogP contribution in [-0.2, 0) is 16.4 Å². The standard InChI is InChI=1S/C17H19FN2O3S/c1-12-6-7-14(11-16(12)20-24(2,22)23)17(21)19-9-8-13-4-3-5-15(18)10-13/h3-7,10-11,20H,8-9H2,1-2H3,(H,19,21). The summed E-state index contributed by atoms with van der Waals surface area (Å²) in [6, 6.07) is 11.0. The lowest BCUT2D eigenvalue weighted by molar-refractivity contribution is 0.0954. The van der Waals surface area contributed by atoms with Crippen molar-refractivity contribution >= 4 is 21.6 Å². The summed E-state index contributed by atoms with van der Waals surface area (Å²) in [5, 5.41) is 2.74. The second-order valence-corrected chi connectivity index (χ2v) is 7.29. The molecule has 2 aromatic rings. The Morgan fingerprint density at radius 2 is 1.92 bits per heavy atom. The van der Waals surface area contributed by atoms with Crippen LogP contribution in [0, 0.1) is 12.7 Å². The van der Waals surface area contributed by atoms with Crippen molar-refractivity contribution in [3.05, 3.63) is 65.0 Å². The van der Waals surface area contributed by atoms with E-state index >= 15 is 0 Å². The summed E-state index contributed by atoms with van der Waals surface area (Å²) < 4.78 is 38.2. The molecule has 0 heterocycles. The number of benzene rings is 2. The summed E-state index contributed by atoms with van der Waals surface area (Å²) >= 11 is 0. The van der Waals surface area contributed by atoms with Crippen LogP contribution in [0.4, 0.5) is 10.1 Å². The van der Waals surface area contributed by atoms with Gasteiger partial charge >= 0.3 is 0 Å². The maximum Gasteiger partial charge on any atom is 0.251 e. The number of carbonyl (C=O) groups is 1. The topological polar surface area (TPSA) is 75.3 Å². The molecule has 0 radical (unpaired) electrons. The predicted octanol–water partition coefficient (Wildman–Crippen LogP) is 2.48. The third-order valence-electron chi connectivity index (χ3n) is 3.38. The van der Waals surface area contributed by atoms with Crippen molar-refractivity contribution in [2.24, 2.45) is 0 Å². The summed E-state index contributed by atoms with van der Waals surface area (Å²) in [5.74, 6) is -0.628. The third kappa shape index (κ3) is 5.34. The highest BCUT2D eigenvalue weighted by atomic mass is 32.2. The normalized spacial score (nSPS) is 11.1. The van der Waals surface area contributed by atoms with Gasteiger partial charge < -0.3 is 5.32 Å². The number of hydrogen-bond acceptors (Lipinski definition) is 3. The summed E-state index contributed by atoms with van der Waals surface area (Å²) in [6.07, 6.45) is 1.56. The molecule has 2 rings (SSSR count). The van der Waals surface area contributed by atoms with E-state index in [1.165, 1.54) is 18.2 Å². The Labute approximate surface area is 141 Å². The van der Waals surface area contributed by atoms with Gasteiger partial charge in [-0.1, -0.05) is 18.2 Å². The zero-order chi connectivity index (χ0) is 17.7. The van der Waals surface area contributed by atoms with Gasteiger partial charge in [-0.25, -0.2) is 12.8 Å². The number of nitrogens with one attached hydrogen (secondary N) is 2. The average molecular weight is 350 g/mol. The number of anilines is 1. The van der Waals surface area contributed by atoms with Crippen LogP contribution in [0.3, 0.4) is 0 Å². The minimum Gasteiger partial charge on any atom is -0.352 e. The van der Waals surface area contributed by atoms with Gasteiger partial charge in [0.2, 0.25) is 10.0 Å². The summed E-state index contributed by atoms with van der Waals surface area (Å²) in [5.41, 5.74) is 2.23. The van der Waals surface area contributed by atoms with Crippen molar-refractivity contribution in [3.63, 3.8) is 0 Å². The number of rotatable bonds is 6. The minimum atomic E-state index is -3.42. The minimum absolute atomic E-state index is 0.311. The maximum absolute atomic E-state index is 13.1. The zero-order valence-corrected chi connectivity index (χ0v) is 14.3. The zero-order valence-electron chi connectivity index (χ0n) is 13.5. The van der Waals surface area contributed by atoms with Crippen LogP contribution >= 0.6 is 0 Å². The quantitative estimate of drug-likeness (QED) is 0.840. The van der Waals surface area contributed by atoms with Crippen molar-refractivity contribution < 1.29 is 17.6 Å². The molecule has 0 atom stereocenters. The Bertz CT molecular complexity index is 851. The van der Waals surface area contributed by atoms with E-state index in [2.05, 4.69) is 10.0 Å². The Balaban J connectivity index is 2.00. The van der Waals surface area contributed by atoms with E-state index in [1.54, 1.807) is 31.2 Å². The Morgan fingerprint density at radius 1 is 1.17 bits per heavy atom. The second kappa shape index (κ2) is 7.44. The van der Waals surface area contributed by atoms with Gasteiger partial charge in [-0.2, -0.15) is 0 Å². The smallest absolute Gasteiger partial charge is 0.251 e. The molecule has 5 nitrogen and oxygen atoms in total. The Kier molecular flexibility index (Phi) is 5.56. The number of sulfonamides is 1. The van der Waals surface area contributed by atoms with E-state index in [9.17, 15) is 17.6 Å². The first-order valence-corrected chi connectivity index (χ1v) is 9.25. The molecule has 0 bridgehead atoms. The monoisotopic (exact) mass is 350 g/mol. The van der Waals surface area contributed by atoms with E-state index in [0.717, 1.165) is 17.4 Å². The lowest BCUT2D eigenvalue weighted by Crippen LogP contribution is -2.26. The molecule has 0 spiro atoms. The predicted molar refractivity (Wildman–Crippen MR) is 92.1 cm³/mol. The number of aryl methyl sites for hydroxylation is 1. The molecule has 24 heavy (non-hydrogen) atoms. The first kappa shape index (κ1) is 17.9. The van der Waals surface area contributed by atoms with Gasteiger partial charge in [0.05, 0.1) is 11.9 Å². The third-order valence-corrected chi connectivity index (χ3v) is 3.97. The molecule has 0 saturated heterocycles. The first-order chi connectivity index (χ1) is 11.2. The van der Waals surface area contributed by atoms with E-state index in [0.29, 0.717) is 24.2 Å². The van der Waals surface area contributed by atoms with Gasteiger partial charge in [-0.05, 0) is 48.7 Å². The SMILES string of the molecule is Cc1ccc(C(=O)NCCc2cccc(F)c2)cc1NS(C)(=O)=O. The summed E-state index contributed by atoms with van der Waals surface area (Å²) in [4.78, 5) is 12.2. The molecular weight excluding hydrogens is 331 g/mol. The largest absolute Gasteiger partial charge is 0.352 e. The highest BCUT2D eigenvalue weighted by Crippen LogP contribution is 2.18. The van der Waals surface area contributed by atoms with Crippen molar-refractivity contribution in [1.29, 1.82) is 0 Å². The van der Waals surface area contributed by atoms with Gasteiger partial charge in [0.25, 0.3) is 5.91 Å². The Hall–Kier alpha value is -2.41. The van der Waals surface area contributed by atoms with E-state index < -0.39 is 10.0 Å². The van der Waals surface area contributed by atoms with Crippen LogP contribution < -0.4 is 10.0 Å². The number of hydrogen-bond donors (Lipinski definition) is 2. The van der Waals surface area contributed by atoms with Crippen LogP contribution in [-0.4, -0.2) is 27.1 Å². The van der Waals surface area contributed by atoms with E-state index in [1.807, 2.05) is 0 Å². The van der Waals surface area contributed by atoms with Crippen molar-refractivity contribution in [2.45, 2.75) is 13.3 Å². The van der Waals surface area contributed by atoms with Gasteiger partial charge in [-0.3, -0.25) is 9.52 Å². The first-order valence-electron chi connectivity index (χ1n) is 7.36. The molecule has 0 saturated carbocycles. The number of halogens is 1. The van der Waals surface area contributed by atoms with Gasteiger partial charge in [0, 0.05) is 12.1 Å². The lowest BCUT2D eigenvalue weighted by Gasteiger charge is -2.10. The molecule has 0 aliphatic heterocycles. The molecular formula is C17H19FN2O3S. The Morgan fingerprint density at radius 3 is 2.58 bits per heavy atom. The summed E-state index contributed by atoms with van der Waals surface area (Å²) in [6.45, 7) is 2.10. The van der Waals surface area contributed by atoms with Gasteiger partial charge in [0.15, 0.2) is 0 Å². The highest BCUT2D eigenvalue weighted by molar-refractivity contribution is 7.92. The fourth-order valence-corrected chi connectivity index (χ4v) is 2.81. The van der Waals surface area contributed by atoms with Crippen LogP contribution in [0.1, 0.15) is 21.5 Å². The average Bonchev–Trinajstić information content (AvgIpc) is 2.48. The highest BCUT2D eigenvalue weighted by Gasteiger charge is 2.10. The van der Waals surface area contributed by atoms with Crippen molar-refractivity contribution in [3.8, 4) is 0 Å². The molecule has 2 N–H and O–H groups in total. The molecule has 2 aromatic carbocycles. The molecule has 0 aromatic heterocycles. The molecule has 7 heteroatoms. The van der Waals surface area contributed by atoms with Crippen LogP contribution in [0.15, 0.2) is 42.5 Å². The second-order valence-electron chi connectivity index (χ2n) is 5.54. The molecule has 0 aliphatic rings. The maximum atomic E-state index is 13.1.